The number of benzene rings is 1. The second-order valence-corrected chi connectivity index (χ2v) is 6.27. The second kappa shape index (κ2) is 11.8. The summed E-state index contributed by atoms with van der Waals surface area (Å²) in [5.41, 5.74) is 5.19. The van der Waals surface area contributed by atoms with Crippen LogP contribution in [0, 0.1) is 0 Å². The van der Waals surface area contributed by atoms with Gasteiger partial charge in [0.1, 0.15) is 11.5 Å². The molecule has 1 aromatic carbocycles. The van der Waals surface area contributed by atoms with Crippen LogP contribution in [0.5, 0.6) is 11.5 Å². The summed E-state index contributed by atoms with van der Waals surface area (Å²) >= 11 is 6.86. The lowest BCUT2D eigenvalue weighted by molar-refractivity contribution is -0.127. The smallest absolute Gasteiger partial charge is 0.279 e. The number of ether oxygens (including phenoxy) is 2. The van der Waals surface area contributed by atoms with Crippen LogP contribution in [0.4, 0.5) is 0 Å². The molecular weight excluding hydrogens is 346 g/mol. The summed E-state index contributed by atoms with van der Waals surface area (Å²) in [6.07, 6.45) is 2.41. The minimum atomic E-state index is -0.658. The van der Waals surface area contributed by atoms with Gasteiger partial charge in [-0.3, -0.25) is 15.6 Å². The van der Waals surface area contributed by atoms with Crippen LogP contribution in [0.15, 0.2) is 24.3 Å². The number of thiocarbonyl (C=S) groups is 1. The highest BCUT2D eigenvalue weighted by molar-refractivity contribution is 7.98. The number of hydrogen-bond donors (Lipinski definition) is 3. The van der Waals surface area contributed by atoms with E-state index < -0.39 is 6.10 Å². The summed E-state index contributed by atoms with van der Waals surface area (Å²) in [4.78, 5) is 12.0. The minimum absolute atomic E-state index is 0.308. The fourth-order valence-corrected chi connectivity index (χ4v) is 2.31. The summed E-state index contributed by atoms with van der Waals surface area (Å²) in [5, 5.41) is 3.40. The fourth-order valence-electron chi connectivity index (χ4n) is 1.72. The number of thioether (sulfide) groups is 1. The van der Waals surface area contributed by atoms with Gasteiger partial charge in [-0.2, -0.15) is 11.8 Å². The van der Waals surface area contributed by atoms with Crippen molar-refractivity contribution in [3.63, 3.8) is 0 Å². The van der Waals surface area contributed by atoms with E-state index in [4.69, 9.17) is 21.7 Å². The Morgan fingerprint density at radius 2 is 1.92 bits per heavy atom. The Bertz CT molecular complexity index is 512. The van der Waals surface area contributed by atoms with Gasteiger partial charge in [0.2, 0.25) is 0 Å². The molecule has 1 rings (SSSR count). The van der Waals surface area contributed by atoms with E-state index in [-0.39, 0.29) is 5.91 Å². The van der Waals surface area contributed by atoms with Crippen molar-refractivity contribution in [3.8, 4) is 11.5 Å². The van der Waals surface area contributed by atoms with Gasteiger partial charge in [-0.05, 0) is 68.8 Å². The highest BCUT2D eigenvalue weighted by Crippen LogP contribution is 2.18. The molecule has 0 aromatic heterocycles. The zero-order chi connectivity index (χ0) is 17.8. The Morgan fingerprint density at radius 1 is 1.25 bits per heavy atom. The van der Waals surface area contributed by atoms with E-state index in [0.717, 1.165) is 24.5 Å². The topological polar surface area (TPSA) is 71.6 Å². The van der Waals surface area contributed by atoms with Crippen molar-refractivity contribution in [1.29, 1.82) is 0 Å². The summed E-state index contributed by atoms with van der Waals surface area (Å²) < 4.78 is 10.9. The van der Waals surface area contributed by atoms with Gasteiger partial charge in [0.05, 0.1) is 6.61 Å². The molecule has 0 saturated carbocycles. The Hall–Kier alpha value is -1.67. The van der Waals surface area contributed by atoms with Gasteiger partial charge < -0.3 is 14.8 Å². The number of hydrogen-bond acceptors (Lipinski definition) is 5. The summed E-state index contributed by atoms with van der Waals surface area (Å²) in [6.45, 7) is 4.96. The van der Waals surface area contributed by atoms with Crippen LogP contribution < -0.4 is 25.6 Å². The zero-order valence-electron chi connectivity index (χ0n) is 14.3. The molecule has 0 aliphatic heterocycles. The molecular formula is C16H25N3O3S2. The first-order valence-corrected chi connectivity index (χ1v) is 9.59. The molecule has 0 saturated heterocycles. The van der Waals surface area contributed by atoms with Gasteiger partial charge in [-0.25, -0.2) is 0 Å². The molecule has 0 spiro atoms. The number of amides is 1. The molecule has 8 heteroatoms. The average molecular weight is 372 g/mol. The summed E-state index contributed by atoms with van der Waals surface area (Å²) in [6, 6.07) is 7.13. The average Bonchev–Trinajstić information content (AvgIpc) is 2.58. The molecule has 1 aromatic rings. The van der Waals surface area contributed by atoms with E-state index in [1.54, 1.807) is 43.0 Å². The Labute approximate surface area is 153 Å². The van der Waals surface area contributed by atoms with Gasteiger partial charge >= 0.3 is 0 Å². The summed E-state index contributed by atoms with van der Waals surface area (Å²) in [7, 11) is 0. The molecule has 0 radical (unpaired) electrons. The van der Waals surface area contributed by atoms with Crippen LogP contribution >= 0.6 is 24.0 Å². The predicted octanol–water partition coefficient (Wildman–Crippen LogP) is 2.10. The molecule has 1 atom stereocenters. The van der Waals surface area contributed by atoms with Crippen LogP contribution in [0.3, 0.4) is 0 Å². The van der Waals surface area contributed by atoms with Crippen molar-refractivity contribution < 1.29 is 14.3 Å². The third-order valence-corrected chi connectivity index (χ3v) is 3.87. The lowest BCUT2D eigenvalue weighted by Gasteiger charge is -2.16. The monoisotopic (exact) mass is 371 g/mol. The third kappa shape index (κ3) is 8.26. The molecule has 1 amide bonds. The first-order valence-electron chi connectivity index (χ1n) is 7.79. The van der Waals surface area contributed by atoms with Gasteiger partial charge in [-0.15, -0.1) is 0 Å². The molecule has 6 nitrogen and oxygen atoms in total. The van der Waals surface area contributed by atoms with Crippen LogP contribution in [0.25, 0.3) is 0 Å². The van der Waals surface area contributed by atoms with Crippen LogP contribution in [-0.2, 0) is 4.79 Å². The van der Waals surface area contributed by atoms with Crippen molar-refractivity contribution in [2.24, 2.45) is 0 Å². The quantitative estimate of drug-likeness (QED) is 0.349. The Kier molecular flexibility index (Phi) is 10.0. The number of nitrogens with one attached hydrogen (secondary N) is 3. The first kappa shape index (κ1) is 20.4. The number of carbonyl (C=O) groups excluding carboxylic acids is 1. The molecule has 0 aliphatic carbocycles. The normalized spacial score (nSPS) is 11.3. The Balaban J connectivity index is 2.30. The van der Waals surface area contributed by atoms with Crippen LogP contribution in [0.1, 0.15) is 20.3 Å². The van der Waals surface area contributed by atoms with Crippen molar-refractivity contribution >= 4 is 35.0 Å². The molecule has 0 aliphatic rings. The van der Waals surface area contributed by atoms with E-state index in [1.165, 1.54) is 0 Å². The van der Waals surface area contributed by atoms with Crippen LogP contribution in [-0.4, -0.2) is 42.3 Å². The van der Waals surface area contributed by atoms with E-state index in [9.17, 15) is 4.79 Å². The highest BCUT2D eigenvalue weighted by Gasteiger charge is 2.14. The first-order chi connectivity index (χ1) is 11.6. The van der Waals surface area contributed by atoms with Crippen molar-refractivity contribution in [2.45, 2.75) is 26.4 Å². The Morgan fingerprint density at radius 3 is 2.54 bits per heavy atom. The van der Waals surface area contributed by atoms with Crippen molar-refractivity contribution in [3.05, 3.63) is 24.3 Å². The lowest BCUT2D eigenvalue weighted by Crippen LogP contribution is -2.50. The van der Waals surface area contributed by atoms with E-state index >= 15 is 0 Å². The van der Waals surface area contributed by atoms with Crippen LogP contribution in [0.2, 0.25) is 0 Å². The number of hydrazine groups is 1. The third-order valence-electron chi connectivity index (χ3n) is 2.93. The van der Waals surface area contributed by atoms with Crippen molar-refractivity contribution in [2.75, 3.05) is 25.2 Å². The highest BCUT2D eigenvalue weighted by atomic mass is 32.2. The largest absolute Gasteiger partial charge is 0.494 e. The maximum atomic E-state index is 12.0. The maximum Gasteiger partial charge on any atom is 0.279 e. The molecule has 3 N–H and O–H groups in total. The van der Waals surface area contributed by atoms with Crippen molar-refractivity contribution in [1.82, 2.24) is 16.2 Å². The molecule has 0 fully saturated rings. The maximum absolute atomic E-state index is 12.0. The predicted molar refractivity (Wildman–Crippen MR) is 103 cm³/mol. The SMILES string of the molecule is CCOc1ccc(O[C@@H](C)C(=O)NNC(=S)NCCCSC)cc1. The number of rotatable bonds is 9. The van der Waals surface area contributed by atoms with E-state index in [2.05, 4.69) is 22.4 Å². The second-order valence-electron chi connectivity index (χ2n) is 4.88. The zero-order valence-corrected chi connectivity index (χ0v) is 15.9. The van der Waals surface area contributed by atoms with Gasteiger partial charge in [0.25, 0.3) is 5.91 Å². The molecule has 24 heavy (non-hydrogen) atoms. The molecule has 0 heterocycles. The standard InChI is InChI=1S/C16H25N3O3S2/c1-4-21-13-6-8-14(9-7-13)22-12(2)15(20)18-19-16(23)17-10-5-11-24-3/h6-9,12H,4-5,10-11H2,1-3H3,(H,18,20)(H2,17,19,23)/t12-/m0/s1. The minimum Gasteiger partial charge on any atom is -0.494 e. The fraction of sp³-hybridized carbons (Fsp3) is 0.500. The number of carbonyl (C=O) groups is 1. The molecule has 0 unspecified atom stereocenters. The van der Waals surface area contributed by atoms with Gasteiger partial charge in [0, 0.05) is 6.54 Å². The molecule has 0 bridgehead atoms. The summed E-state index contributed by atoms with van der Waals surface area (Å²) in [5.74, 6) is 2.12. The van der Waals surface area contributed by atoms with Gasteiger partial charge in [0.15, 0.2) is 11.2 Å². The van der Waals surface area contributed by atoms with E-state index in [1.807, 2.05) is 6.92 Å². The van der Waals surface area contributed by atoms with Gasteiger partial charge in [-0.1, -0.05) is 0 Å². The molecule has 134 valence electrons. The van der Waals surface area contributed by atoms with E-state index in [0.29, 0.717) is 17.5 Å². The lowest BCUT2D eigenvalue weighted by atomic mass is 10.3.